The molecule has 0 radical (unpaired) electrons. The van der Waals surface area contributed by atoms with Crippen LogP contribution in [0.4, 0.5) is 0 Å². The van der Waals surface area contributed by atoms with Crippen LogP contribution in [0.3, 0.4) is 0 Å². The summed E-state index contributed by atoms with van der Waals surface area (Å²) in [4.78, 5) is 23.2. The molecule has 122 valence electrons. The highest BCUT2D eigenvalue weighted by Crippen LogP contribution is 2.53. The average molecular weight is 314 g/mol. The van der Waals surface area contributed by atoms with Crippen LogP contribution in [0, 0.1) is 5.92 Å². The molecule has 4 heteroatoms. The van der Waals surface area contributed by atoms with E-state index in [1.54, 1.807) is 7.11 Å². The van der Waals surface area contributed by atoms with Gasteiger partial charge in [-0.15, -0.1) is 0 Å². The first-order valence-electron chi connectivity index (χ1n) is 8.08. The number of benzene rings is 1. The van der Waals surface area contributed by atoms with Crippen LogP contribution in [-0.2, 0) is 14.3 Å². The van der Waals surface area contributed by atoms with E-state index in [9.17, 15) is 9.59 Å². The predicted molar refractivity (Wildman–Crippen MR) is 87.3 cm³/mol. The van der Waals surface area contributed by atoms with Crippen LogP contribution in [-0.4, -0.2) is 25.5 Å². The van der Waals surface area contributed by atoms with Gasteiger partial charge in [-0.2, -0.15) is 0 Å². The number of esters is 1. The maximum atomic E-state index is 12.1. The molecule has 2 atom stereocenters. The van der Waals surface area contributed by atoms with Crippen molar-refractivity contribution in [2.75, 3.05) is 13.7 Å². The van der Waals surface area contributed by atoms with Crippen LogP contribution in [0.1, 0.15) is 50.2 Å². The smallest absolute Gasteiger partial charge is 0.302 e. The Labute approximate surface area is 136 Å². The van der Waals surface area contributed by atoms with Crippen molar-refractivity contribution in [2.45, 2.75) is 39.0 Å². The Hall–Kier alpha value is -2.10. The summed E-state index contributed by atoms with van der Waals surface area (Å²) in [5.74, 6) is 1.44. The highest BCUT2D eigenvalue weighted by Gasteiger charge is 2.40. The Balaban J connectivity index is 2.00. The molecule has 0 saturated heterocycles. The molecule has 2 aliphatic carbocycles. The Morgan fingerprint density at radius 2 is 2.13 bits per heavy atom. The van der Waals surface area contributed by atoms with Crippen molar-refractivity contribution in [1.29, 1.82) is 0 Å². The van der Waals surface area contributed by atoms with Gasteiger partial charge in [0.2, 0.25) is 0 Å². The zero-order valence-electron chi connectivity index (χ0n) is 13.8. The third kappa shape index (κ3) is 2.78. The Bertz CT molecular complexity index is 687. The van der Waals surface area contributed by atoms with E-state index in [1.807, 2.05) is 13.0 Å². The average Bonchev–Trinajstić information content (AvgIpc) is 2.84. The van der Waals surface area contributed by atoms with Gasteiger partial charge in [0.15, 0.2) is 5.78 Å². The molecule has 0 bridgehead atoms. The lowest BCUT2D eigenvalue weighted by atomic mass is 9.78. The largest absolute Gasteiger partial charge is 0.497 e. The number of rotatable bonds is 4. The van der Waals surface area contributed by atoms with Crippen molar-refractivity contribution in [3.05, 3.63) is 34.9 Å². The Morgan fingerprint density at radius 1 is 1.35 bits per heavy atom. The van der Waals surface area contributed by atoms with Crippen molar-refractivity contribution < 1.29 is 19.1 Å². The lowest BCUT2D eigenvalue weighted by molar-refractivity contribution is -0.141. The molecule has 0 N–H and O–H groups in total. The monoisotopic (exact) mass is 314 g/mol. The van der Waals surface area contributed by atoms with E-state index in [0.717, 1.165) is 29.7 Å². The number of hydrogen-bond acceptors (Lipinski definition) is 4. The summed E-state index contributed by atoms with van der Waals surface area (Å²) in [5, 5.41) is 0. The normalized spacial score (nSPS) is 22.7. The van der Waals surface area contributed by atoms with E-state index in [2.05, 4.69) is 12.1 Å². The van der Waals surface area contributed by atoms with E-state index in [4.69, 9.17) is 9.47 Å². The van der Waals surface area contributed by atoms with Gasteiger partial charge in [0.25, 0.3) is 0 Å². The minimum Gasteiger partial charge on any atom is -0.497 e. The van der Waals surface area contributed by atoms with Gasteiger partial charge in [0, 0.05) is 13.3 Å². The second-order valence-electron chi connectivity index (χ2n) is 6.30. The number of allylic oxidation sites excluding steroid dienone is 2. The maximum absolute atomic E-state index is 12.1. The van der Waals surface area contributed by atoms with Crippen LogP contribution in [0.2, 0.25) is 0 Å². The predicted octanol–water partition coefficient (Wildman–Crippen LogP) is 3.50. The molecule has 0 amide bonds. The number of methoxy groups -OCH3 is 1. The lowest BCUT2D eigenvalue weighted by Gasteiger charge is -2.26. The zero-order chi connectivity index (χ0) is 16.6. The van der Waals surface area contributed by atoms with Gasteiger partial charge in [-0.25, -0.2) is 0 Å². The third-order valence-electron chi connectivity index (χ3n) is 5.04. The van der Waals surface area contributed by atoms with Gasteiger partial charge in [0.05, 0.1) is 13.7 Å². The van der Waals surface area contributed by atoms with E-state index >= 15 is 0 Å². The first kappa shape index (κ1) is 15.8. The van der Waals surface area contributed by atoms with E-state index in [1.165, 1.54) is 18.1 Å². The molecule has 0 spiro atoms. The minimum atomic E-state index is -0.250. The molecule has 2 unspecified atom stereocenters. The number of carbonyl (C=O) groups is 2. The second kappa shape index (κ2) is 6.19. The summed E-state index contributed by atoms with van der Waals surface area (Å²) >= 11 is 0. The van der Waals surface area contributed by atoms with Gasteiger partial charge in [-0.05, 0) is 66.0 Å². The minimum absolute atomic E-state index is 0.249. The summed E-state index contributed by atoms with van der Waals surface area (Å²) in [6, 6.07) is 6.07. The van der Waals surface area contributed by atoms with Crippen LogP contribution in [0.25, 0.3) is 5.57 Å². The third-order valence-corrected chi connectivity index (χ3v) is 5.04. The van der Waals surface area contributed by atoms with Crippen LogP contribution < -0.4 is 4.74 Å². The SMILES string of the molecule is COc1ccc2c(c1)C(CCOC(C)=O)C1CCC(=O)C(C)=C21. The second-order valence-corrected chi connectivity index (χ2v) is 6.30. The topological polar surface area (TPSA) is 52.6 Å². The fourth-order valence-corrected chi connectivity index (χ4v) is 3.97. The molecule has 4 nitrogen and oxygen atoms in total. The summed E-state index contributed by atoms with van der Waals surface area (Å²) in [6.07, 6.45) is 2.25. The lowest BCUT2D eigenvalue weighted by Crippen LogP contribution is -2.19. The summed E-state index contributed by atoms with van der Waals surface area (Å²) in [6.45, 7) is 3.78. The number of ether oxygens (including phenoxy) is 2. The molecule has 0 saturated carbocycles. The number of hydrogen-bond donors (Lipinski definition) is 0. The fraction of sp³-hybridized carbons (Fsp3) is 0.474. The van der Waals surface area contributed by atoms with Crippen LogP contribution in [0.15, 0.2) is 23.8 Å². The summed E-state index contributed by atoms with van der Waals surface area (Å²) in [7, 11) is 1.66. The first-order valence-corrected chi connectivity index (χ1v) is 8.08. The van der Waals surface area contributed by atoms with Crippen molar-refractivity contribution in [3.8, 4) is 5.75 Å². The van der Waals surface area contributed by atoms with Crippen molar-refractivity contribution in [1.82, 2.24) is 0 Å². The highest BCUT2D eigenvalue weighted by atomic mass is 16.5. The quantitative estimate of drug-likeness (QED) is 0.798. The standard InChI is InChI=1S/C19H22O4/c1-11-18(21)7-6-15-14(8-9-23-12(2)20)17-10-13(22-3)4-5-16(17)19(11)15/h4-5,10,14-15H,6-9H2,1-3H3. The maximum Gasteiger partial charge on any atom is 0.302 e. The molecular weight excluding hydrogens is 292 g/mol. The molecule has 0 aliphatic heterocycles. The van der Waals surface area contributed by atoms with Crippen LogP contribution in [0.5, 0.6) is 5.75 Å². The number of Topliss-reactive ketones (excluding diaryl/α,β-unsaturated/α-hetero) is 1. The molecule has 0 aromatic heterocycles. The molecule has 2 aliphatic rings. The van der Waals surface area contributed by atoms with E-state index < -0.39 is 0 Å². The Kier molecular flexibility index (Phi) is 4.24. The van der Waals surface area contributed by atoms with Crippen molar-refractivity contribution in [3.63, 3.8) is 0 Å². The Morgan fingerprint density at radius 3 is 2.83 bits per heavy atom. The number of ketones is 1. The van der Waals surface area contributed by atoms with Crippen LogP contribution >= 0.6 is 0 Å². The summed E-state index contributed by atoms with van der Waals surface area (Å²) in [5.41, 5.74) is 4.45. The van der Waals surface area contributed by atoms with Gasteiger partial charge < -0.3 is 9.47 Å². The van der Waals surface area contributed by atoms with Gasteiger partial charge in [-0.3, -0.25) is 9.59 Å². The molecule has 0 heterocycles. The summed E-state index contributed by atoms with van der Waals surface area (Å²) < 4.78 is 10.5. The number of fused-ring (bicyclic) bond motifs is 3. The van der Waals surface area contributed by atoms with Crippen molar-refractivity contribution in [2.24, 2.45) is 5.92 Å². The fourth-order valence-electron chi connectivity index (χ4n) is 3.97. The first-order chi connectivity index (χ1) is 11.0. The van der Waals surface area contributed by atoms with Gasteiger partial charge in [0.1, 0.15) is 5.75 Å². The zero-order valence-corrected chi connectivity index (χ0v) is 13.8. The van der Waals surface area contributed by atoms with Crippen molar-refractivity contribution >= 4 is 17.3 Å². The van der Waals surface area contributed by atoms with E-state index in [-0.39, 0.29) is 17.7 Å². The molecule has 3 rings (SSSR count). The van der Waals surface area contributed by atoms with E-state index in [0.29, 0.717) is 18.9 Å². The molecule has 1 aromatic carbocycles. The molecular formula is C19H22O4. The molecule has 0 fully saturated rings. The number of carbonyl (C=O) groups excluding carboxylic acids is 2. The molecule has 23 heavy (non-hydrogen) atoms. The highest BCUT2D eigenvalue weighted by molar-refractivity contribution is 6.05. The van der Waals surface area contributed by atoms with Gasteiger partial charge >= 0.3 is 5.97 Å². The molecule has 1 aromatic rings. The van der Waals surface area contributed by atoms with Gasteiger partial charge in [-0.1, -0.05) is 6.07 Å².